The van der Waals surface area contributed by atoms with E-state index >= 15 is 0 Å². The van der Waals surface area contributed by atoms with Crippen LogP contribution in [0.1, 0.15) is 39.5 Å². The zero-order chi connectivity index (χ0) is 13.9. The van der Waals surface area contributed by atoms with E-state index in [0.717, 1.165) is 19.8 Å². The van der Waals surface area contributed by atoms with Gasteiger partial charge in [-0.3, -0.25) is 4.90 Å². The molecule has 0 saturated carbocycles. The summed E-state index contributed by atoms with van der Waals surface area (Å²) in [5.74, 6) is 0. The molecule has 0 bridgehead atoms. The molecule has 0 saturated heterocycles. The van der Waals surface area contributed by atoms with E-state index in [0.29, 0.717) is 0 Å². The standard InChI is InChI=1S/C15H24N4P/c1-3-5-7-16-9-11-18-13-19-12-10-17(8-6-4-2)15(19)20-14(16)18/h9-12H,3-8,13H2,1-2H3/q+1. The second-order valence-electron chi connectivity index (χ2n) is 5.48. The molecule has 0 atom stereocenters. The summed E-state index contributed by atoms with van der Waals surface area (Å²) < 4.78 is 4.79. The Morgan fingerprint density at radius 2 is 1.95 bits per heavy atom. The minimum Gasteiger partial charge on any atom is -0.329 e. The Labute approximate surface area is 123 Å². The van der Waals surface area contributed by atoms with Gasteiger partial charge in [-0.1, -0.05) is 26.7 Å². The lowest BCUT2D eigenvalue weighted by Crippen LogP contribution is -2.56. The molecule has 0 unspecified atom stereocenters. The zero-order valence-corrected chi connectivity index (χ0v) is 13.4. The van der Waals surface area contributed by atoms with Crippen LogP contribution >= 0.6 is 8.20 Å². The molecule has 0 amide bonds. The van der Waals surface area contributed by atoms with Crippen molar-refractivity contribution in [2.24, 2.45) is 0 Å². The number of nitrogens with zero attached hydrogens (tertiary/aromatic N) is 4. The van der Waals surface area contributed by atoms with Crippen molar-refractivity contribution < 1.29 is 4.57 Å². The first kappa shape index (κ1) is 13.7. The Kier molecular flexibility index (Phi) is 4.11. The van der Waals surface area contributed by atoms with Crippen LogP contribution in [-0.2, 0) is 13.2 Å². The van der Waals surface area contributed by atoms with E-state index in [9.17, 15) is 0 Å². The molecule has 20 heavy (non-hydrogen) atoms. The smallest absolute Gasteiger partial charge is 0.311 e. The Hall–Kier alpha value is -1.28. The van der Waals surface area contributed by atoms with Crippen LogP contribution in [0.5, 0.6) is 0 Å². The quantitative estimate of drug-likeness (QED) is 0.589. The van der Waals surface area contributed by atoms with Crippen LogP contribution in [0.4, 0.5) is 0 Å². The van der Waals surface area contributed by atoms with E-state index in [1.54, 1.807) is 0 Å². The number of aromatic nitrogens is 2. The van der Waals surface area contributed by atoms with Gasteiger partial charge in [0.25, 0.3) is 0 Å². The third-order valence-corrected chi connectivity index (χ3v) is 5.32. The first-order valence-electron chi connectivity index (χ1n) is 7.72. The summed E-state index contributed by atoms with van der Waals surface area (Å²) in [7, 11) is 1.33. The highest BCUT2D eigenvalue weighted by molar-refractivity contribution is 7.48. The fourth-order valence-corrected chi connectivity index (χ4v) is 3.94. The average molecular weight is 291 g/mol. The monoisotopic (exact) mass is 291 g/mol. The molecule has 0 aliphatic carbocycles. The molecule has 108 valence electrons. The van der Waals surface area contributed by atoms with Gasteiger partial charge in [0.1, 0.15) is 12.4 Å². The molecule has 0 radical (unpaired) electrons. The lowest BCUT2D eigenvalue weighted by atomic mass is 10.3. The third-order valence-electron chi connectivity index (χ3n) is 3.89. The van der Waals surface area contributed by atoms with Gasteiger partial charge in [-0.05, 0) is 12.8 Å². The summed E-state index contributed by atoms with van der Waals surface area (Å²) in [5.41, 5.74) is 2.85. The van der Waals surface area contributed by atoms with Crippen LogP contribution in [-0.4, -0.2) is 26.5 Å². The number of rotatable bonds is 6. The first-order chi connectivity index (χ1) is 9.83. The maximum atomic E-state index is 2.42. The van der Waals surface area contributed by atoms with Gasteiger partial charge in [0.15, 0.2) is 12.2 Å². The molecular weight excluding hydrogens is 267 g/mol. The number of aryl methyl sites for hydroxylation is 1. The summed E-state index contributed by atoms with van der Waals surface area (Å²) in [5, 5.41) is 0. The highest BCUT2D eigenvalue weighted by atomic mass is 31.1. The molecule has 0 spiro atoms. The van der Waals surface area contributed by atoms with Crippen LogP contribution in [0.15, 0.2) is 24.8 Å². The number of unbranched alkanes of at least 4 members (excludes halogenated alkanes) is 2. The minimum atomic E-state index is 0.954. The van der Waals surface area contributed by atoms with Crippen molar-refractivity contribution in [1.82, 2.24) is 14.4 Å². The largest absolute Gasteiger partial charge is 0.329 e. The Balaban J connectivity index is 1.82. The summed E-state index contributed by atoms with van der Waals surface area (Å²) in [6.45, 7) is 7.74. The fourth-order valence-electron chi connectivity index (χ4n) is 2.66. The van der Waals surface area contributed by atoms with Crippen molar-refractivity contribution >= 4 is 19.3 Å². The molecule has 4 nitrogen and oxygen atoms in total. The maximum Gasteiger partial charge on any atom is 0.311 e. The van der Waals surface area contributed by atoms with Crippen LogP contribution in [0, 0.1) is 0 Å². The molecule has 0 fully saturated rings. The minimum absolute atomic E-state index is 0.954. The zero-order valence-electron chi connectivity index (χ0n) is 12.5. The van der Waals surface area contributed by atoms with Gasteiger partial charge in [0.2, 0.25) is 0 Å². The molecule has 1 aromatic rings. The van der Waals surface area contributed by atoms with Crippen molar-refractivity contribution in [3.05, 3.63) is 24.8 Å². The fraction of sp³-hybridized carbons (Fsp3) is 0.600. The molecule has 0 aromatic carbocycles. The normalized spacial score (nSPS) is 17.2. The number of hydrogen-bond donors (Lipinski definition) is 0. The molecule has 2 aliphatic heterocycles. The van der Waals surface area contributed by atoms with Crippen LogP contribution in [0.2, 0.25) is 0 Å². The highest BCUT2D eigenvalue weighted by Crippen LogP contribution is 2.19. The Morgan fingerprint density at radius 3 is 2.75 bits per heavy atom. The van der Waals surface area contributed by atoms with Crippen molar-refractivity contribution in [1.29, 1.82) is 0 Å². The topological polar surface area (TPSA) is 15.3 Å². The SMILES string of the molecule is CCCCN1C=CN2C[n+]3ccn(CCCC)c3P=C12. The molecule has 3 heterocycles. The predicted octanol–water partition coefficient (Wildman–Crippen LogP) is 2.09. The second kappa shape index (κ2) is 6.01. The Morgan fingerprint density at radius 1 is 1.15 bits per heavy atom. The molecule has 5 heteroatoms. The van der Waals surface area contributed by atoms with E-state index in [4.69, 9.17) is 0 Å². The molecule has 2 aliphatic rings. The third kappa shape index (κ3) is 2.49. The van der Waals surface area contributed by atoms with E-state index in [-0.39, 0.29) is 0 Å². The molecule has 1 aromatic heterocycles. The number of fused-ring (bicyclic) bond motifs is 2. The molecule has 0 N–H and O–H groups in total. The lowest BCUT2D eigenvalue weighted by molar-refractivity contribution is -0.693. The van der Waals surface area contributed by atoms with Crippen molar-refractivity contribution in [2.45, 2.75) is 52.7 Å². The second-order valence-corrected chi connectivity index (χ2v) is 6.51. The van der Waals surface area contributed by atoms with Crippen molar-refractivity contribution in [3.8, 4) is 0 Å². The van der Waals surface area contributed by atoms with Crippen LogP contribution in [0.25, 0.3) is 0 Å². The van der Waals surface area contributed by atoms with Gasteiger partial charge in [0.05, 0.1) is 14.7 Å². The van der Waals surface area contributed by atoms with E-state index in [1.807, 2.05) is 0 Å². The molecular formula is C15H24N4P+. The number of hydrogen-bond acceptors (Lipinski definition) is 2. The van der Waals surface area contributed by atoms with Gasteiger partial charge < -0.3 is 4.90 Å². The summed E-state index contributed by atoms with van der Waals surface area (Å²) >= 11 is 0. The van der Waals surface area contributed by atoms with Gasteiger partial charge in [-0.25, -0.2) is 9.13 Å². The lowest BCUT2D eigenvalue weighted by Gasteiger charge is -2.25. The molecule has 3 rings (SSSR count). The van der Waals surface area contributed by atoms with Gasteiger partial charge in [-0.2, -0.15) is 0 Å². The van der Waals surface area contributed by atoms with Crippen LogP contribution < -0.4 is 10.1 Å². The summed E-state index contributed by atoms with van der Waals surface area (Å²) in [6.07, 6.45) is 13.9. The van der Waals surface area contributed by atoms with Crippen molar-refractivity contribution in [3.63, 3.8) is 0 Å². The first-order valence-corrected chi connectivity index (χ1v) is 8.61. The van der Waals surface area contributed by atoms with Crippen LogP contribution in [0.3, 0.4) is 0 Å². The summed E-state index contributed by atoms with van der Waals surface area (Å²) in [6, 6.07) is 0. The summed E-state index contributed by atoms with van der Waals surface area (Å²) in [4.78, 5) is 4.79. The highest BCUT2D eigenvalue weighted by Gasteiger charge is 2.30. The predicted molar refractivity (Wildman–Crippen MR) is 83.7 cm³/mol. The van der Waals surface area contributed by atoms with Gasteiger partial charge in [0, 0.05) is 18.9 Å². The van der Waals surface area contributed by atoms with E-state index in [2.05, 4.69) is 57.6 Å². The van der Waals surface area contributed by atoms with Crippen molar-refractivity contribution in [2.75, 3.05) is 6.54 Å². The van der Waals surface area contributed by atoms with E-state index in [1.165, 1.54) is 45.0 Å². The Bertz CT molecular complexity index is 532. The average Bonchev–Trinajstić information content (AvgIpc) is 3.04. The maximum absolute atomic E-state index is 2.42. The number of imidazole rings is 1. The van der Waals surface area contributed by atoms with E-state index < -0.39 is 0 Å². The van der Waals surface area contributed by atoms with Gasteiger partial charge in [-0.15, -0.1) is 0 Å². The van der Waals surface area contributed by atoms with Gasteiger partial charge >= 0.3 is 5.57 Å².